The molecule has 5 heteroatoms. The van der Waals surface area contributed by atoms with Gasteiger partial charge >= 0.3 is 0 Å². The van der Waals surface area contributed by atoms with Gasteiger partial charge in [0.1, 0.15) is 5.69 Å². The van der Waals surface area contributed by atoms with Crippen LogP contribution in [-0.4, -0.2) is 47.3 Å². The Balaban J connectivity index is 1.29. The summed E-state index contributed by atoms with van der Waals surface area (Å²) >= 11 is 0. The minimum absolute atomic E-state index is 0.466. The minimum atomic E-state index is 0.466. The summed E-state index contributed by atoms with van der Waals surface area (Å²) in [7, 11) is 0. The van der Waals surface area contributed by atoms with Gasteiger partial charge in [0.25, 0.3) is 0 Å². The van der Waals surface area contributed by atoms with Gasteiger partial charge in [-0.05, 0) is 30.7 Å². The Labute approximate surface area is 136 Å². The fraction of sp³-hybridized carbons (Fsp3) is 0.389. The predicted molar refractivity (Wildman–Crippen MR) is 88.5 cm³/mol. The molecule has 23 heavy (non-hydrogen) atoms. The third kappa shape index (κ3) is 2.72. The second-order valence-corrected chi connectivity index (χ2v) is 6.87. The van der Waals surface area contributed by atoms with Crippen molar-refractivity contribution in [2.45, 2.75) is 13.5 Å². The smallest absolute Gasteiger partial charge is 0.168 e. The Kier molecular flexibility index (Phi) is 3.38. The molecule has 0 atom stereocenters. The topological polar surface area (TPSA) is 49.3 Å². The second-order valence-electron chi connectivity index (χ2n) is 6.87. The van der Waals surface area contributed by atoms with Crippen LogP contribution in [-0.2, 0) is 6.54 Å². The molecule has 2 aliphatic rings. The zero-order chi connectivity index (χ0) is 15.9. The van der Waals surface area contributed by atoms with Gasteiger partial charge in [-0.2, -0.15) is 0 Å². The predicted octanol–water partition coefficient (Wildman–Crippen LogP) is 1.92. The van der Waals surface area contributed by atoms with Crippen LogP contribution in [0.1, 0.15) is 21.7 Å². The van der Waals surface area contributed by atoms with Crippen LogP contribution in [0, 0.1) is 12.3 Å². The number of likely N-dealkylation sites (tertiary alicyclic amines) is 1. The first kappa shape index (κ1) is 14.3. The highest BCUT2D eigenvalue weighted by Gasteiger charge is 2.51. The van der Waals surface area contributed by atoms with Crippen LogP contribution in [0.5, 0.6) is 0 Å². The molecule has 0 radical (unpaired) electrons. The molecular weight excluding hydrogens is 288 g/mol. The zero-order valence-electron chi connectivity index (χ0n) is 13.3. The van der Waals surface area contributed by atoms with E-state index in [9.17, 15) is 4.79 Å². The zero-order valence-corrected chi connectivity index (χ0v) is 13.3. The lowest BCUT2D eigenvalue weighted by Crippen LogP contribution is -2.71. The van der Waals surface area contributed by atoms with Crippen LogP contribution in [0.15, 0.2) is 36.7 Å². The summed E-state index contributed by atoms with van der Waals surface area (Å²) in [5.74, 6) is 0. The van der Waals surface area contributed by atoms with E-state index in [0.29, 0.717) is 11.1 Å². The largest absolute Gasteiger partial charge is 0.370 e. The van der Waals surface area contributed by atoms with Crippen molar-refractivity contribution >= 4 is 12.0 Å². The molecule has 0 aliphatic carbocycles. The molecule has 0 unspecified atom stereocenters. The Morgan fingerprint density at radius 3 is 2.65 bits per heavy atom. The van der Waals surface area contributed by atoms with Gasteiger partial charge in [-0.3, -0.25) is 19.7 Å². The number of carbonyl (C=O) groups is 1. The van der Waals surface area contributed by atoms with E-state index in [1.165, 1.54) is 11.3 Å². The molecule has 0 amide bonds. The van der Waals surface area contributed by atoms with Crippen molar-refractivity contribution < 1.29 is 4.79 Å². The molecule has 0 bridgehead atoms. The van der Waals surface area contributed by atoms with Gasteiger partial charge in [-0.15, -0.1) is 0 Å². The Morgan fingerprint density at radius 2 is 2.00 bits per heavy atom. The number of nitrogens with zero attached hydrogens (tertiary/aromatic N) is 4. The van der Waals surface area contributed by atoms with E-state index in [2.05, 4.69) is 31.9 Å². The number of aromatic nitrogens is 2. The van der Waals surface area contributed by atoms with Crippen LogP contribution in [0.2, 0.25) is 0 Å². The van der Waals surface area contributed by atoms with Gasteiger partial charge in [0.2, 0.25) is 0 Å². The Morgan fingerprint density at radius 1 is 1.17 bits per heavy atom. The van der Waals surface area contributed by atoms with E-state index in [-0.39, 0.29) is 0 Å². The average Bonchev–Trinajstić information content (AvgIpc) is 2.49. The highest BCUT2D eigenvalue weighted by Crippen LogP contribution is 2.42. The van der Waals surface area contributed by atoms with E-state index < -0.39 is 0 Å². The van der Waals surface area contributed by atoms with Crippen LogP contribution in [0.25, 0.3) is 0 Å². The highest BCUT2D eigenvalue weighted by atomic mass is 16.1. The van der Waals surface area contributed by atoms with Crippen LogP contribution >= 0.6 is 0 Å². The van der Waals surface area contributed by atoms with Gasteiger partial charge in [0.05, 0.1) is 0 Å². The van der Waals surface area contributed by atoms with Gasteiger partial charge in [-0.1, -0.05) is 6.07 Å². The maximum Gasteiger partial charge on any atom is 0.168 e. The number of hydrogen-bond donors (Lipinski definition) is 0. The van der Waals surface area contributed by atoms with Crippen molar-refractivity contribution in [2.24, 2.45) is 5.41 Å². The summed E-state index contributed by atoms with van der Waals surface area (Å²) in [6.07, 6.45) is 4.48. The Hall–Kier alpha value is -2.27. The highest BCUT2D eigenvalue weighted by molar-refractivity contribution is 5.71. The van der Waals surface area contributed by atoms with Gasteiger partial charge in [-0.25, -0.2) is 0 Å². The molecule has 0 N–H and O–H groups in total. The molecule has 5 nitrogen and oxygen atoms in total. The second kappa shape index (κ2) is 5.42. The van der Waals surface area contributed by atoms with E-state index in [0.717, 1.165) is 44.7 Å². The molecule has 4 heterocycles. The van der Waals surface area contributed by atoms with E-state index in [1.807, 2.05) is 25.4 Å². The number of aldehydes is 1. The molecule has 2 aromatic heterocycles. The standard InChI is InChI=1S/C18H20N4O/c1-14-6-17(4-5-19-14)22-12-18(13-22)10-21(11-18)8-15-2-3-16(9-23)20-7-15/h2-7,9H,8,10-13H2,1H3. The number of hydrogen-bond acceptors (Lipinski definition) is 5. The van der Waals surface area contributed by atoms with Gasteiger partial charge < -0.3 is 4.90 Å². The summed E-state index contributed by atoms with van der Waals surface area (Å²) in [5, 5.41) is 0. The fourth-order valence-corrected chi connectivity index (χ4v) is 3.74. The van der Waals surface area contributed by atoms with Crippen molar-refractivity contribution in [3.8, 4) is 0 Å². The third-order valence-electron chi connectivity index (χ3n) is 4.79. The van der Waals surface area contributed by atoms with E-state index in [4.69, 9.17) is 0 Å². The van der Waals surface area contributed by atoms with Crippen molar-refractivity contribution in [1.29, 1.82) is 0 Å². The Bertz CT molecular complexity index is 714. The first-order chi connectivity index (χ1) is 11.2. The molecule has 2 fully saturated rings. The van der Waals surface area contributed by atoms with Crippen LogP contribution in [0.3, 0.4) is 0 Å². The lowest BCUT2D eigenvalue weighted by atomic mass is 9.72. The maximum atomic E-state index is 10.6. The lowest BCUT2D eigenvalue weighted by Gasteiger charge is -2.61. The summed E-state index contributed by atoms with van der Waals surface area (Å²) < 4.78 is 0. The number of aryl methyl sites for hydroxylation is 1. The number of carbonyl (C=O) groups excluding carboxylic acids is 1. The third-order valence-corrected chi connectivity index (χ3v) is 4.79. The fourth-order valence-electron chi connectivity index (χ4n) is 3.74. The molecule has 1 spiro atoms. The average molecular weight is 308 g/mol. The SMILES string of the molecule is Cc1cc(N2CC3(CN(Cc4ccc(C=O)nc4)C3)C2)ccn1. The molecule has 0 aromatic carbocycles. The maximum absolute atomic E-state index is 10.6. The summed E-state index contributed by atoms with van der Waals surface area (Å²) in [6, 6.07) is 8.03. The van der Waals surface area contributed by atoms with E-state index >= 15 is 0 Å². The van der Waals surface area contributed by atoms with Crippen molar-refractivity contribution in [1.82, 2.24) is 14.9 Å². The molecule has 2 aromatic rings. The number of anilines is 1. The molecule has 118 valence electrons. The molecular formula is C18H20N4O. The minimum Gasteiger partial charge on any atom is -0.370 e. The van der Waals surface area contributed by atoms with E-state index in [1.54, 1.807) is 6.07 Å². The summed E-state index contributed by atoms with van der Waals surface area (Å²) in [5.41, 5.74) is 4.50. The van der Waals surface area contributed by atoms with Crippen molar-refractivity contribution in [3.63, 3.8) is 0 Å². The van der Waals surface area contributed by atoms with Gasteiger partial charge in [0.15, 0.2) is 6.29 Å². The quantitative estimate of drug-likeness (QED) is 0.808. The number of rotatable bonds is 4. The first-order valence-corrected chi connectivity index (χ1v) is 7.96. The summed E-state index contributed by atoms with van der Waals surface area (Å²) in [4.78, 5) is 23.9. The molecule has 2 aliphatic heterocycles. The van der Waals surface area contributed by atoms with Crippen LogP contribution < -0.4 is 4.90 Å². The van der Waals surface area contributed by atoms with Crippen LogP contribution in [0.4, 0.5) is 5.69 Å². The first-order valence-electron chi connectivity index (χ1n) is 7.96. The molecule has 2 saturated heterocycles. The molecule has 0 saturated carbocycles. The van der Waals surface area contributed by atoms with Gasteiger partial charge in [0, 0.05) is 61.9 Å². The lowest BCUT2D eigenvalue weighted by molar-refractivity contribution is -0.0273. The summed E-state index contributed by atoms with van der Waals surface area (Å²) in [6.45, 7) is 7.51. The molecule has 4 rings (SSSR count). The monoisotopic (exact) mass is 308 g/mol. The van der Waals surface area contributed by atoms with Crippen molar-refractivity contribution in [2.75, 3.05) is 31.1 Å². The van der Waals surface area contributed by atoms with Crippen molar-refractivity contribution in [3.05, 3.63) is 53.6 Å². The number of pyridine rings is 2. The normalized spacial score (nSPS) is 19.3.